The summed E-state index contributed by atoms with van der Waals surface area (Å²) in [6, 6.07) is 16.4. The fraction of sp³-hybridized carbons (Fsp3) is 0.462. The number of carbonyl (C=O) groups is 3. The third kappa shape index (κ3) is 5.01. The minimum absolute atomic E-state index is 0.0841. The van der Waals surface area contributed by atoms with E-state index in [1.54, 1.807) is 48.8 Å². The van der Waals surface area contributed by atoms with E-state index in [9.17, 15) is 14.4 Å². The standard InChI is InChI=1S/C16H19N3.C16H19NO2.C7H7NO2/c1-15(2)10-7-8-16(15,3)14-12(10)13(18-19-14)11-6-4-5-9-17-11;1-15(2)10-7-8-16(15,3)14(19)12(10)13(18)11-6-4-5-9-17-11;1-10-7(9)6-4-2-3-5-8-6/h4-6,9-10H,7-8H2,1-3H3,(H,18,19);4-6,9-10,12H,7-8H2,1-3H3;2-5H,1H3. The molecule has 4 aliphatic carbocycles. The van der Waals surface area contributed by atoms with Gasteiger partial charge in [0.1, 0.15) is 22.9 Å². The Hall–Kier alpha value is -4.53. The lowest BCUT2D eigenvalue weighted by Crippen LogP contribution is -2.35. The van der Waals surface area contributed by atoms with Crippen molar-refractivity contribution >= 4 is 17.5 Å². The van der Waals surface area contributed by atoms with E-state index in [0.29, 0.717) is 22.7 Å². The number of nitrogens with zero attached hydrogens (tertiary/aromatic N) is 4. The van der Waals surface area contributed by atoms with Crippen LogP contribution in [0, 0.1) is 28.1 Å². The Bertz CT molecular complexity index is 1820. The summed E-state index contributed by atoms with van der Waals surface area (Å²) in [6.07, 6.45) is 9.42. The van der Waals surface area contributed by atoms with E-state index in [-0.39, 0.29) is 33.7 Å². The van der Waals surface area contributed by atoms with Gasteiger partial charge in [0.05, 0.1) is 18.7 Å². The fourth-order valence-corrected chi connectivity index (χ4v) is 8.91. The predicted octanol–water partition coefficient (Wildman–Crippen LogP) is 7.42. The number of rotatable bonds is 4. The lowest BCUT2D eigenvalue weighted by atomic mass is 9.70. The van der Waals surface area contributed by atoms with Crippen molar-refractivity contribution in [1.82, 2.24) is 25.1 Å². The molecule has 3 fully saturated rings. The molecule has 8 rings (SSSR count). The van der Waals surface area contributed by atoms with E-state index >= 15 is 0 Å². The number of aromatic amines is 1. The number of methoxy groups -OCH3 is 1. The van der Waals surface area contributed by atoms with E-state index in [4.69, 9.17) is 0 Å². The van der Waals surface area contributed by atoms with Crippen LogP contribution in [-0.2, 0) is 14.9 Å². The summed E-state index contributed by atoms with van der Waals surface area (Å²) >= 11 is 0. The first-order valence-corrected chi connectivity index (χ1v) is 16.8. The summed E-state index contributed by atoms with van der Waals surface area (Å²) in [4.78, 5) is 48.3. The van der Waals surface area contributed by atoms with Crippen molar-refractivity contribution in [3.05, 3.63) is 95.8 Å². The molecule has 0 aliphatic heterocycles. The number of H-pyrrole nitrogens is 1. The van der Waals surface area contributed by atoms with E-state index in [0.717, 1.165) is 24.2 Å². The van der Waals surface area contributed by atoms with Gasteiger partial charge < -0.3 is 4.74 Å². The summed E-state index contributed by atoms with van der Waals surface area (Å²) < 4.78 is 4.43. The van der Waals surface area contributed by atoms with Gasteiger partial charge in [-0.05, 0) is 84.7 Å². The predicted molar refractivity (Wildman–Crippen MR) is 182 cm³/mol. The number of nitrogens with one attached hydrogen (secondary N) is 1. The highest BCUT2D eigenvalue weighted by molar-refractivity contribution is 6.13. The average molecular weight is 648 g/mol. The van der Waals surface area contributed by atoms with Gasteiger partial charge in [-0.15, -0.1) is 0 Å². The Kier molecular flexibility index (Phi) is 8.46. The number of hydrogen-bond donors (Lipinski definition) is 1. The molecular formula is C39H45N5O4. The van der Waals surface area contributed by atoms with Gasteiger partial charge in [-0.25, -0.2) is 9.78 Å². The Balaban J connectivity index is 0.000000132. The smallest absolute Gasteiger partial charge is 0.356 e. The number of ketones is 2. The number of carbonyl (C=O) groups excluding carboxylic acids is 3. The fourth-order valence-electron chi connectivity index (χ4n) is 8.91. The largest absolute Gasteiger partial charge is 0.464 e. The highest BCUT2D eigenvalue weighted by atomic mass is 16.5. The summed E-state index contributed by atoms with van der Waals surface area (Å²) in [7, 11) is 1.33. The third-order valence-electron chi connectivity index (χ3n) is 12.6. The molecule has 0 spiro atoms. The Morgan fingerprint density at radius 1 is 0.771 bits per heavy atom. The molecular weight excluding hydrogens is 602 g/mol. The number of hydrogen-bond acceptors (Lipinski definition) is 8. The van der Waals surface area contributed by atoms with Crippen molar-refractivity contribution < 1.29 is 19.1 Å². The Labute approximate surface area is 282 Å². The van der Waals surface area contributed by atoms with Crippen LogP contribution in [0.4, 0.5) is 0 Å². The van der Waals surface area contributed by atoms with Crippen LogP contribution >= 0.6 is 0 Å². The van der Waals surface area contributed by atoms with Crippen molar-refractivity contribution in [2.45, 2.75) is 78.6 Å². The molecule has 3 saturated carbocycles. The zero-order valence-corrected chi connectivity index (χ0v) is 28.9. The summed E-state index contributed by atoms with van der Waals surface area (Å²) in [5, 5.41) is 7.89. The zero-order valence-electron chi connectivity index (χ0n) is 28.9. The first-order valence-electron chi connectivity index (χ1n) is 16.8. The van der Waals surface area contributed by atoms with Gasteiger partial charge in [-0.3, -0.25) is 24.7 Å². The number of fused-ring (bicyclic) bond motifs is 7. The molecule has 0 aromatic carbocycles. The van der Waals surface area contributed by atoms with Crippen LogP contribution in [-0.4, -0.2) is 49.8 Å². The second kappa shape index (κ2) is 12.2. The summed E-state index contributed by atoms with van der Waals surface area (Å²) in [5.74, 6) is -0.0662. The number of ether oxygens (including phenoxy) is 1. The minimum atomic E-state index is -0.483. The second-order valence-electron chi connectivity index (χ2n) is 15.0. The first kappa shape index (κ1) is 33.4. The molecule has 48 heavy (non-hydrogen) atoms. The van der Waals surface area contributed by atoms with Gasteiger partial charge in [0.25, 0.3) is 0 Å². The van der Waals surface area contributed by atoms with Crippen molar-refractivity contribution in [1.29, 1.82) is 0 Å². The van der Waals surface area contributed by atoms with Gasteiger partial charge in [0.2, 0.25) is 0 Å². The summed E-state index contributed by atoms with van der Waals surface area (Å²) in [6.45, 7) is 13.5. The Morgan fingerprint density at radius 2 is 1.38 bits per heavy atom. The maximum atomic E-state index is 12.7. The molecule has 1 N–H and O–H groups in total. The van der Waals surface area contributed by atoms with Crippen molar-refractivity contribution in [2.75, 3.05) is 7.11 Å². The van der Waals surface area contributed by atoms with Crippen molar-refractivity contribution in [2.24, 2.45) is 28.1 Å². The third-order valence-corrected chi connectivity index (χ3v) is 12.6. The number of esters is 1. The van der Waals surface area contributed by atoms with Crippen molar-refractivity contribution in [3.8, 4) is 11.4 Å². The molecule has 4 bridgehead atoms. The molecule has 0 radical (unpaired) electrons. The molecule has 4 aromatic rings. The molecule has 9 heteroatoms. The SMILES string of the molecule is CC12CCC(C(C(=O)c3ccccn3)C1=O)C2(C)C.CC12CCC(c3c(-c4ccccn4)n[nH]c31)C2(C)C.COC(=O)c1ccccn1. The molecule has 9 nitrogen and oxygen atoms in total. The van der Waals surface area contributed by atoms with Crippen LogP contribution < -0.4 is 0 Å². The van der Waals surface area contributed by atoms with E-state index in [1.165, 1.54) is 31.2 Å². The van der Waals surface area contributed by atoms with Crippen LogP contribution in [0.1, 0.15) is 105 Å². The van der Waals surface area contributed by atoms with Gasteiger partial charge >= 0.3 is 5.97 Å². The van der Waals surface area contributed by atoms with Crippen molar-refractivity contribution in [3.63, 3.8) is 0 Å². The van der Waals surface area contributed by atoms with Gasteiger partial charge in [0, 0.05) is 40.7 Å². The number of Topliss-reactive ketones (excluding diaryl/α,β-unsaturated/α-hetero) is 2. The molecule has 250 valence electrons. The maximum absolute atomic E-state index is 12.7. The Morgan fingerprint density at radius 3 is 1.92 bits per heavy atom. The molecule has 4 aromatic heterocycles. The lowest BCUT2D eigenvalue weighted by molar-refractivity contribution is -0.130. The molecule has 4 aliphatic rings. The van der Waals surface area contributed by atoms with Crippen LogP contribution in [0.5, 0.6) is 0 Å². The summed E-state index contributed by atoms with van der Waals surface area (Å²) in [5.41, 5.74) is 5.74. The average Bonchev–Trinajstić information content (AvgIpc) is 3.80. The molecule has 4 heterocycles. The van der Waals surface area contributed by atoms with Crippen LogP contribution in [0.2, 0.25) is 0 Å². The maximum Gasteiger partial charge on any atom is 0.356 e. The minimum Gasteiger partial charge on any atom is -0.464 e. The van der Waals surface area contributed by atoms with Crippen LogP contribution in [0.3, 0.4) is 0 Å². The highest BCUT2D eigenvalue weighted by Crippen LogP contribution is 2.68. The molecule has 0 saturated heterocycles. The van der Waals surface area contributed by atoms with Gasteiger partial charge in [0.15, 0.2) is 5.78 Å². The lowest BCUT2D eigenvalue weighted by Gasteiger charge is -2.34. The second-order valence-corrected chi connectivity index (χ2v) is 15.0. The number of pyridine rings is 3. The zero-order chi connectivity index (χ0) is 34.5. The molecule has 5 atom stereocenters. The topological polar surface area (TPSA) is 128 Å². The molecule has 0 amide bonds. The van der Waals surface area contributed by atoms with E-state index in [2.05, 4.69) is 70.6 Å². The molecule has 5 unspecified atom stereocenters. The van der Waals surface area contributed by atoms with Crippen LogP contribution in [0.15, 0.2) is 73.2 Å². The monoisotopic (exact) mass is 647 g/mol. The van der Waals surface area contributed by atoms with E-state index < -0.39 is 11.9 Å². The normalized spacial score (nSPS) is 28.1. The quantitative estimate of drug-likeness (QED) is 0.138. The number of aromatic nitrogens is 5. The van der Waals surface area contributed by atoms with E-state index in [1.807, 2.05) is 25.3 Å². The highest BCUT2D eigenvalue weighted by Gasteiger charge is 2.68. The van der Waals surface area contributed by atoms with Gasteiger partial charge in [-0.1, -0.05) is 59.7 Å². The van der Waals surface area contributed by atoms with Crippen LogP contribution in [0.25, 0.3) is 11.4 Å². The van der Waals surface area contributed by atoms with Gasteiger partial charge in [-0.2, -0.15) is 5.10 Å². The first-order chi connectivity index (χ1) is 22.8.